The third-order valence-corrected chi connectivity index (χ3v) is 3.13. The molecule has 90 valence electrons. The van der Waals surface area contributed by atoms with Crippen LogP contribution in [0.5, 0.6) is 0 Å². The maximum absolute atomic E-state index is 11.8. The van der Waals surface area contributed by atoms with E-state index in [0.717, 1.165) is 12.8 Å². The summed E-state index contributed by atoms with van der Waals surface area (Å²) in [4.78, 5) is 0. The molecular formula is C10H19F2NO2. The highest BCUT2D eigenvalue weighted by Gasteiger charge is 2.39. The first-order valence-corrected chi connectivity index (χ1v) is 5.37. The van der Waals surface area contributed by atoms with Crippen LogP contribution in [0.15, 0.2) is 0 Å². The highest BCUT2D eigenvalue weighted by molar-refractivity contribution is 4.92. The normalized spacial score (nSPS) is 31.4. The Kier molecular flexibility index (Phi) is 4.89. The predicted octanol–water partition coefficient (Wildman–Crippen LogP) is 1.15. The first-order chi connectivity index (χ1) is 7.08. The molecular weight excluding hydrogens is 204 g/mol. The van der Waals surface area contributed by atoms with E-state index in [4.69, 9.17) is 10.5 Å². The Hall–Kier alpha value is -0.260. The molecule has 3 N–H and O–H groups in total. The largest absolute Gasteiger partial charge is 0.388 e. The number of ether oxygens (including phenoxy) is 1. The van der Waals surface area contributed by atoms with Gasteiger partial charge in [-0.2, -0.15) is 0 Å². The minimum atomic E-state index is -2.41. The van der Waals surface area contributed by atoms with Crippen LogP contribution >= 0.6 is 0 Å². The molecule has 15 heavy (non-hydrogen) atoms. The minimum Gasteiger partial charge on any atom is -0.388 e. The Balaban J connectivity index is 2.20. The smallest absolute Gasteiger partial charge is 0.261 e. The minimum absolute atomic E-state index is 0.0974. The standard InChI is InChI=1S/C10H19F2NO2/c11-9(12)6-15-5-3-8-2-1-4-10(8,14)7-13/h8-9,14H,1-7,13H2. The maximum atomic E-state index is 11.8. The Morgan fingerprint density at radius 2 is 2.27 bits per heavy atom. The molecule has 1 rings (SSSR count). The molecule has 0 aromatic rings. The van der Waals surface area contributed by atoms with Gasteiger partial charge < -0.3 is 15.6 Å². The van der Waals surface area contributed by atoms with E-state index in [1.807, 2.05) is 0 Å². The van der Waals surface area contributed by atoms with Gasteiger partial charge in [0.25, 0.3) is 6.43 Å². The third-order valence-electron chi connectivity index (χ3n) is 3.13. The number of hydrogen-bond acceptors (Lipinski definition) is 3. The first-order valence-electron chi connectivity index (χ1n) is 5.37. The molecule has 0 spiro atoms. The van der Waals surface area contributed by atoms with Crippen LogP contribution in [-0.4, -0.2) is 36.9 Å². The Labute approximate surface area is 88.6 Å². The van der Waals surface area contributed by atoms with Gasteiger partial charge in [0.2, 0.25) is 0 Å². The van der Waals surface area contributed by atoms with Gasteiger partial charge in [0.15, 0.2) is 0 Å². The first kappa shape index (κ1) is 12.8. The predicted molar refractivity (Wildman–Crippen MR) is 52.8 cm³/mol. The summed E-state index contributed by atoms with van der Waals surface area (Å²) in [7, 11) is 0. The van der Waals surface area contributed by atoms with E-state index < -0.39 is 18.6 Å². The van der Waals surface area contributed by atoms with Crippen LogP contribution in [0, 0.1) is 5.92 Å². The average Bonchev–Trinajstić information content (AvgIpc) is 2.56. The number of nitrogens with two attached hydrogens (primary N) is 1. The van der Waals surface area contributed by atoms with Crippen molar-refractivity contribution in [1.29, 1.82) is 0 Å². The molecule has 3 nitrogen and oxygen atoms in total. The number of rotatable bonds is 6. The summed E-state index contributed by atoms with van der Waals surface area (Å²) >= 11 is 0. The molecule has 0 aromatic heterocycles. The fraction of sp³-hybridized carbons (Fsp3) is 1.00. The second-order valence-electron chi connectivity index (χ2n) is 4.15. The van der Waals surface area contributed by atoms with E-state index in [0.29, 0.717) is 12.8 Å². The second-order valence-corrected chi connectivity index (χ2v) is 4.15. The van der Waals surface area contributed by atoms with Gasteiger partial charge in [-0.3, -0.25) is 0 Å². The van der Waals surface area contributed by atoms with Gasteiger partial charge in [-0.05, 0) is 25.2 Å². The highest BCUT2D eigenvalue weighted by atomic mass is 19.3. The van der Waals surface area contributed by atoms with E-state index in [9.17, 15) is 13.9 Å². The molecule has 2 unspecified atom stereocenters. The van der Waals surface area contributed by atoms with Gasteiger partial charge >= 0.3 is 0 Å². The van der Waals surface area contributed by atoms with Crippen LogP contribution in [0.4, 0.5) is 8.78 Å². The van der Waals surface area contributed by atoms with Gasteiger partial charge in [-0.1, -0.05) is 6.42 Å². The van der Waals surface area contributed by atoms with Crippen molar-refractivity contribution in [3.05, 3.63) is 0 Å². The van der Waals surface area contributed by atoms with Gasteiger partial charge in [-0.15, -0.1) is 0 Å². The van der Waals surface area contributed by atoms with Crippen LogP contribution in [0.3, 0.4) is 0 Å². The van der Waals surface area contributed by atoms with E-state index in [-0.39, 0.29) is 19.1 Å². The summed E-state index contributed by atoms with van der Waals surface area (Å²) in [6, 6.07) is 0. The molecule has 1 saturated carbocycles. The molecule has 0 aliphatic heterocycles. The molecule has 0 aromatic carbocycles. The van der Waals surface area contributed by atoms with E-state index >= 15 is 0 Å². The lowest BCUT2D eigenvalue weighted by atomic mass is 9.88. The number of hydrogen-bond donors (Lipinski definition) is 2. The zero-order chi connectivity index (χ0) is 11.3. The lowest BCUT2D eigenvalue weighted by Crippen LogP contribution is -2.41. The fourth-order valence-electron chi connectivity index (χ4n) is 2.21. The fourth-order valence-corrected chi connectivity index (χ4v) is 2.21. The van der Waals surface area contributed by atoms with E-state index in [1.165, 1.54) is 0 Å². The summed E-state index contributed by atoms with van der Waals surface area (Å²) in [5, 5.41) is 10.0. The zero-order valence-corrected chi connectivity index (χ0v) is 8.79. The van der Waals surface area contributed by atoms with Gasteiger partial charge in [0.1, 0.15) is 6.61 Å². The molecule has 0 amide bonds. The topological polar surface area (TPSA) is 55.5 Å². The molecule has 0 radical (unpaired) electrons. The van der Waals surface area contributed by atoms with Crippen LogP contribution in [0.1, 0.15) is 25.7 Å². The average molecular weight is 223 g/mol. The van der Waals surface area contributed by atoms with E-state index in [1.54, 1.807) is 0 Å². The van der Waals surface area contributed by atoms with Gasteiger partial charge in [-0.25, -0.2) is 8.78 Å². The Morgan fingerprint density at radius 3 is 2.87 bits per heavy atom. The SMILES string of the molecule is NCC1(O)CCCC1CCOCC(F)F. The van der Waals surface area contributed by atoms with Crippen molar-refractivity contribution < 1.29 is 18.6 Å². The number of aliphatic hydroxyl groups is 1. The lowest BCUT2D eigenvalue weighted by molar-refractivity contribution is -0.0200. The van der Waals surface area contributed by atoms with E-state index in [2.05, 4.69) is 0 Å². The molecule has 1 fully saturated rings. The third kappa shape index (κ3) is 3.66. The van der Waals surface area contributed by atoms with Gasteiger partial charge in [0, 0.05) is 13.2 Å². The summed E-state index contributed by atoms with van der Waals surface area (Å²) in [5.41, 5.74) is 4.70. The monoisotopic (exact) mass is 223 g/mol. The molecule has 1 aliphatic carbocycles. The molecule has 0 saturated heterocycles. The second kappa shape index (κ2) is 5.72. The molecule has 2 atom stereocenters. The summed E-state index contributed by atoms with van der Waals surface area (Å²) in [5.74, 6) is 0.0974. The van der Waals surface area contributed by atoms with Crippen LogP contribution < -0.4 is 5.73 Å². The Morgan fingerprint density at radius 1 is 1.53 bits per heavy atom. The summed E-state index contributed by atoms with van der Waals surface area (Å²) in [6.07, 6.45) is 0.768. The van der Waals surface area contributed by atoms with Crippen molar-refractivity contribution in [3.63, 3.8) is 0 Å². The van der Waals surface area contributed by atoms with Crippen molar-refractivity contribution in [2.45, 2.75) is 37.7 Å². The van der Waals surface area contributed by atoms with Crippen molar-refractivity contribution in [3.8, 4) is 0 Å². The van der Waals surface area contributed by atoms with Gasteiger partial charge in [0.05, 0.1) is 5.60 Å². The summed E-state index contributed by atoms with van der Waals surface area (Å²) in [6.45, 7) is -0.00238. The molecule has 1 aliphatic rings. The number of halogens is 2. The van der Waals surface area contributed by atoms with Crippen molar-refractivity contribution in [2.24, 2.45) is 11.7 Å². The lowest BCUT2D eigenvalue weighted by Gasteiger charge is -2.28. The highest BCUT2D eigenvalue weighted by Crippen LogP contribution is 2.36. The Bertz CT molecular complexity index is 192. The summed E-state index contributed by atoms with van der Waals surface area (Å²) < 4.78 is 28.3. The van der Waals surface area contributed by atoms with Crippen molar-refractivity contribution >= 4 is 0 Å². The molecule has 5 heteroatoms. The van der Waals surface area contributed by atoms with Crippen LogP contribution in [0.2, 0.25) is 0 Å². The number of alkyl halides is 2. The molecule has 0 bridgehead atoms. The maximum Gasteiger partial charge on any atom is 0.261 e. The zero-order valence-electron chi connectivity index (χ0n) is 8.79. The van der Waals surface area contributed by atoms with Crippen LogP contribution in [0.25, 0.3) is 0 Å². The van der Waals surface area contributed by atoms with Crippen molar-refractivity contribution in [2.75, 3.05) is 19.8 Å². The van der Waals surface area contributed by atoms with Crippen LogP contribution in [-0.2, 0) is 4.74 Å². The van der Waals surface area contributed by atoms with Crippen molar-refractivity contribution in [1.82, 2.24) is 0 Å². The molecule has 0 heterocycles. The quantitative estimate of drug-likeness (QED) is 0.664.